The van der Waals surface area contributed by atoms with Gasteiger partial charge in [0.25, 0.3) is 5.91 Å². The normalized spacial score (nSPS) is 11.5. The minimum absolute atomic E-state index is 0.114. The Balaban J connectivity index is 1.79. The molecule has 0 unspecified atom stereocenters. The molecule has 2 aromatic heterocycles. The summed E-state index contributed by atoms with van der Waals surface area (Å²) in [6, 6.07) is 11.4. The number of hydrogen-bond donors (Lipinski definition) is 1. The van der Waals surface area contributed by atoms with Crippen molar-refractivity contribution in [3.05, 3.63) is 60.0 Å². The van der Waals surface area contributed by atoms with Gasteiger partial charge in [0, 0.05) is 11.8 Å². The molecule has 0 bridgehead atoms. The van der Waals surface area contributed by atoms with Gasteiger partial charge >= 0.3 is 0 Å². The molecule has 3 rings (SSSR count). The molecule has 0 spiro atoms. The Morgan fingerprint density at radius 2 is 2.00 bits per heavy atom. The van der Waals surface area contributed by atoms with Gasteiger partial charge in [0.15, 0.2) is 15.5 Å². The molecule has 1 amide bonds. The second-order valence-electron chi connectivity index (χ2n) is 5.03. The SMILES string of the molecule is CS(=O)(=O)c1cccc(C(=O)NCc2cccc3ncnn23)c1. The molecule has 0 aliphatic rings. The highest BCUT2D eigenvalue weighted by Crippen LogP contribution is 2.11. The van der Waals surface area contributed by atoms with Gasteiger partial charge in [-0.1, -0.05) is 12.1 Å². The predicted octanol–water partition coefficient (Wildman–Crippen LogP) is 1.06. The van der Waals surface area contributed by atoms with Gasteiger partial charge in [-0.2, -0.15) is 5.10 Å². The maximum absolute atomic E-state index is 12.2. The standard InChI is InChI=1S/C15H14N4O3S/c1-23(21,22)13-6-2-4-11(8-13)15(20)16-9-12-5-3-7-14-17-10-18-19(12)14/h2-8,10H,9H2,1H3,(H,16,20). The third-order valence-corrected chi connectivity index (χ3v) is 4.44. The number of sulfone groups is 1. The van der Waals surface area contributed by atoms with Crippen LogP contribution in [0, 0.1) is 0 Å². The lowest BCUT2D eigenvalue weighted by Crippen LogP contribution is -2.24. The molecule has 8 heteroatoms. The second kappa shape index (κ2) is 5.81. The van der Waals surface area contributed by atoms with Gasteiger partial charge in [0.2, 0.25) is 0 Å². The smallest absolute Gasteiger partial charge is 0.251 e. The first-order valence-electron chi connectivity index (χ1n) is 6.81. The van der Waals surface area contributed by atoms with E-state index < -0.39 is 9.84 Å². The summed E-state index contributed by atoms with van der Waals surface area (Å²) in [5.74, 6) is -0.354. The second-order valence-corrected chi connectivity index (χ2v) is 7.05. The minimum Gasteiger partial charge on any atom is -0.346 e. The van der Waals surface area contributed by atoms with Gasteiger partial charge < -0.3 is 5.32 Å². The van der Waals surface area contributed by atoms with Crippen molar-refractivity contribution < 1.29 is 13.2 Å². The number of amides is 1. The molecule has 0 atom stereocenters. The summed E-state index contributed by atoms with van der Waals surface area (Å²) in [5, 5.41) is 6.84. The van der Waals surface area contributed by atoms with Crippen LogP contribution >= 0.6 is 0 Å². The summed E-state index contributed by atoms with van der Waals surface area (Å²) in [6.07, 6.45) is 2.55. The van der Waals surface area contributed by atoms with Gasteiger partial charge in [-0.3, -0.25) is 4.79 Å². The number of hydrogen-bond acceptors (Lipinski definition) is 5. The number of fused-ring (bicyclic) bond motifs is 1. The fourth-order valence-electron chi connectivity index (χ4n) is 2.18. The van der Waals surface area contributed by atoms with E-state index in [0.29, 0.717) is 11.2 Å². The third kappa shape index (κ3) is 3.21. The van der Waals surface area contributed by atoms with Crippen LogP contribution in [-0.4, -0.2) is 35.2 Å². The van der Waals surface area contributed by atoms with E-state index in [9.17, 15) is 13.2 Å². The monoisotopic (exact) mass is 330 g/mol. The van der Waals surface area contributed by atoms with Crippen molar-refractivity contribution in [2.75, 3.05) is 6.26 Å². The van der Waals surface area contributed by atoms with E-state index in [1.165, 1.54) is 18.5 Å². The van der Waals surface area contributed by atoms with Crippen LogP contribution in [0.1, 0.15) is 16.1 Å². The van der Waals surface area contributed by atoms with Crippen LogP contribution in [0.5, 0.6) is 0 Å². The molecule has 7 nitrogen and oxygen atoms in total. The van der Waals surface area contributed by atoms with Crippen molar-refractivity contribution >= 4 is 21.4 Å². The Morgan fingerprint density at radius 1 is 1.22 bits per heavy atom. The fourth-order valence-corrected chi connectivity index (χ4v) is 2.84. The van der Waals surface area contributed by atoms with Gasteiger partial charge in [-0.25, -0.2) is 17.9 Å². The first-order chi connectivity index (χ1) is 10.9. The molecular formula is C15H14N4O3S. The molecule has 1 aromatic carbocycles. The van der Waals surface area contributed by atoms with Crippen molar-refractivity contribution in [1.82, 2.24) is 19.9 Å². The van der Waals surface area contributed by atoms with Crippen molar-refractivity contribution in [3.63, 3.8) is 0 Å². The van der Waals surface area contributed by atoms with Crippen molar-refractivity contribution in [2.24, 2.45) is 0 Å². The van der Waals surface area contributed by atoms with Crippen LogP contribution < -0.4 is 5.32 Å². The average molecular weight is 330 g/mol. The topological polar surface area (TPSA) is 93.4 Å². The minimum atomic E-state index is -3.35. The Hall–Kier alpha value is -2.74. The molecule has 23 heavy (non-hydrogen) atoms. The molecule has 0 aliphatic carbocycles. The molecule has 3 aromatic rings. The van der Waals surface area contributed by atoms with E-state index >= 15 is 0 Å². The lowest BCUT2D eigenvalue weighted by Gasteiger charge is -2.07. The van der Waals surface area contributed by atoms with Gasteiger partial charge in [-0.15, -0.1) is 0 Å². The average Bonchev–Trinajstić information content (AvgIpc) is 3.01. The molecule has 0 aliphatic heterocycles. The van der Waals surface area contributed by atoms with Crippen LogP contribution in [0.3, 0.4) is 0 Å². The first kappa shape index (κ1) is 15.2. The molecule has 118 valence electrons. The van der Waals surface area contributed by atoms with E-state index in [0.717, 1.165) is 11.9 Å². The van der Waals surface area contributed by atoms with Crippen LogP contribution in [0.15, 0.2) is 53.7 Å². The van der Waals surface area contributed by atoms with Crippen LogP contribution in [0.2, 0.25) is 0 Å². The zero-order chi connectivity index (χ0) is 16.4. The van der Waals surface area contributed by atoms with E-state index in [1.54, 1.807) is 16.6 Å². The van der Waals surface area contributed by atoms with Crippen molar-refractivity contribution in [1.29, 1.82) is 0 Å². The van der Waals surface area contributed by atoms with Crippen molar-refractivity contribution in [3.8, 4) is 0 Å². The number of benzene rings is 1. The van der Waals surface area contributed by atoms with E-state index in [2.05, 4.69) is 15.4 Å². The fraction of sp³-hybridized carbons (Fsp3) is 0.133. The van der Waals surface area contributed by atoms with Crippen LogP contribution in [0.4, 0.5) is 0 Å². The molecule has 0 saturated carbocycles. The highest BCUT2D eigenvalue weighted by atomic mass is 32.2. The Kier molecular flexibility index (Phi) is 3.83. The summed E-state index contributed by atoms with van der Waals surface area (Å²) in [5.41, 5.74) is 1.75. The summed E-state index contributed by atoms with van der Waals surface area (Å²) in [4.78, 5) is 16.4. The lowest BCUT2D eigenvalue weighted by atomic mass is 10.2. The summed E-state index contributed by atoms with van der Waals surface area (Å²) in [6.45, 7) is 0.253. The number of nitrogens with one attached hydrogen (secondary N) is 1. The highest BCUT2D eigenvalue weighted by Gasteiger charge is 2.12. The summed E-state index contributed by atoms with van der Waals surface area (Å²) < 4.78 is 24.7. The number of pyridine rings is 1. The molecule has 0 radical (unpaired) electrons. The number of nitrogens with zero attached hydrogens (tertiary/aromatic N) is 3. The first-order valence-corrected chi connectivity index (χ1v) is 8.70. The maximum atomic E-state index is 12.2. The zero-order valence-corrected chi connectivity index (χ0v) is 13.1. The summed E-state index contributed by atoms with van der Waals surface area (Å²) in [7, 11) is -3.35. The van der Waals surface area contributed by atoms with E-state index in [1.807, 2.05) is 18.2 Å². The van der Waals surface area contributed by atoms with Crippen LogP contribution in [0.25, 0.3) is 5.65 Å². The molecule has 0 saturated heterocycles. The summed E-state index contributed by atoms with van der Waals surface area (Å²) >= 11 is 0. The zero-order valence-electron chi connectivity index (χ0n) is 12.3. The molecule has 0 fully saturated rings. The highest BCUT2D eigenvalue weighted by molar-refractivity contribution is 7.90. The third-order valence-electron chi connectivity index (χ3n) is 3.33. The Labute approximate surface area is 132 Å². The van der Waals surface area contributed by atoms with Crippen LogP contribution in [-0.2, 0) is 16.4 Å². The maximum Gasteiger partial charge on any atom is 0.251 e. The molecule has 2 heterocycles. The number of aromatic nitrogens is 3. The largest absolute Gasteiger partial charge is 0.346 e. The lowest BCUT2D eigenvalue weighted by molar-refractivity contribution is 0.0950. The molecule has 1 N–H and O–H groups in total. The van der Waals surface area contributed by atoms with Gasteiger partial charge in [0.05, 0.1) is 17.1 Å². The number of carbonyl (C=O) groups excluding carboxylic acids is 1. The van der Waals surface area contributed by atoms with Crippen molar-refractivity contribution in [2.45, 2.75) is 11.4 Å². The number of carbonyl (C=O) groups is 1. The van der Waals surface area contributed by atoms with Gasteiger partial charge in [-0.05, 0) is 30.3 Å². The Morgan fingerprint density at radius 3 is 2.78 bits per heavy atom. The van der Waals surface area contributed by atoms with E-state index in [4.69, 9.17) is 0 Å². The quantitative estimate of drug-likeness (QED) is 0.772. The molecular weight excluding hydrogens is 316 g/mol. The predicted molar refractivity (Wildman–Crippen MR) is 83.7 cm³/mol. The number of rotatable bonds is 4. The van der Waals surface area contributed by atoms with E-state index in [-0.39, 0.29) is 17.3 Å². The Bertz CT molecular complexity index is 979. The van der Waals surface area contributed by atoms with Gasteiger partial charge in [0.1, 0.15) is 6.33 Å².